The fraction of sp³-hybridized carbons (Fsp3) is 0.250. The second-order valence-electron chi connectivity index (χ2n) is 5.19. The molecule has 138 valence electrons. The smallest absolute Gasteiger partial charge is 0.451 e. The van der Waals surface area contributed by atoms with Gasteiger partial charge in [0.15, 0.2) is 0 Å². The summed E-state index contributed by atoms with van der Waals surface area (Å²) in [5.41, 5.74) is 0.362. The van der Waals surface area contributed by atoms with Crippen LogP contribution in [0.15, 0.2) is 41.6 Å². The first-order valence-corrected chi connectivity index (χ1v) is 8.49. The number of hydrogen-bond acceptors (Lipinski definition) is 5. The summed E-state index contributed by atoms with van der Waals surface area (Å²) in [7, 11) is 0. The van der Waals surface area contributed by atoms with E-state index < -0.39 is 29.9 Å². The molecule has 2 N–H and O–H groups in total. The molecule has 1 aromatic carbocycles. The van der Waals surface area contributed by atoms with Crippen molar-refractivity contribution >= 4 is 23.6 Å². The van der Waals surface area contributed by atoms with E-state index in [0.717, 1.165) is 17.3 Å². The maximum atomic E-state index is 12.5. The highest BCUT2D eigenvalue weighted by Gasteiger charge is 2.34. The first-order chi connectivity index (χ1) is 12.2. The van der Waals surface area contributed by atoms with Crippen LogP contribution in [0.5, 0.6) is 0 Å². The number of thioether (sulfide) groups is 1. The molecule has 1 heterocycles. The van der Waals surface area contributed by atoms with E-state index in [9.17, 15) is 22.8 Å². The van der Waals surface area contributed by atoms with Gasteiger partial charge in [0, 0.05) is 17.3 Å². The predicted octanol–water partition coefficient (Wildman–Crippen LogP) is 3.16. The van der Waals surface area contributed by atoms with Gasteiger partial charge < -0.3 is 10.4 Å². The minimum absolute atomic E-state index is 0.200. The second kappa shape index (κ2) is 8.17. The third kappa shape index (κ3) is 5.19. The average molecular weight is 385 g/mol. The van der Waals surface area contributed by atoms with Gasteiger partial charge in [-0.15, -0.1) is 11.8 Å². The highest BCUT2D eigenvalue weighted by Crippen LogP contribution is 2.25. The van der Waals surface area contributed by atoms with Crippen LogP contribution in [-0.4, -0.2) is 33.2 Å². The summed E-state index contributed by atoms with van der Waals surface area (Å²) < 4.78 is 37.4. The molecule has 1 atom stereocenters. The molecular formula is C16H14F3N3O3S. The zero-order chi connectivity index (χ0) is 19.3. The quantitative estimate of drug-likeness (QED) is 0.742. The Morgan fingerprint density at radius 2 is 1.77 bits per heavy atom. The molecule has 0 bridgehead atoms. The van der Waals surface area contributed by atoms with E-state index in [1.807, 2.05) is 6.26 Å². The molecule has 6 nitrogen and oxygen atoms in total. The molecule has 0 saturated carbocycles. The van der Waals surface area contributed by atoms with Crippen molar-refractivity contribution in [1.29, 1.82) is 0 Å². The zero-order valence-corrected chi connectivity index (χ0v) is 14.3. The summed E-state index contributed by atoms with van der Waals surface area (Å²) in [6, 6.07) is 6.08. The number of rotatable bonds is 6. The van der Waals surface area contributed by atoms with E-state index in [4.69, 9.17) is 5.11 Å². The van der Waals surface area contributed by atoms with Crippen LogP contribution in [0.4, 0.5) is 13.2 Å². The Kier molecular flexibility index (Phi) is 6.19. The average Bonchev–Trinajstić information content (AvgIpc) is 2.60. The van der Waals surface area contributed by atoms with E-state index in [0.29, 0.717) is 5.56 Å². The fourth-order valence-corrected chi connectivity index (χ4v) is 2.50. The summed E-state index contributed by atoms with van der Waals surface area (Å²) in [6.45, 7) is 0. The number of nitrogens with one attached hydrogen (secondary N) is 1. The monoisotopic (exact) mass is 385 g/mol. The van der Waals surface area contributed by atoms with Crippen molar-refractivity contribution in [2.24, 2.45) is 0 Å². The van der Waals surface area contributed by atoms with Gasteiger partial charge in [0.25, 0.3) is 5.91 Å². The molecule has 1 amide bonds. The highest BCUT2D eigenvalue weighted by molar-refractivity contribution is 7.98. The Morgan fingerprint density at radius 3 is 2.23 bits per heavy atom. The van der Waals surface area contributed by atoms with E-state index in [1.54, 1.807) is 24.3 Å². The zero-order valence-electron chi connectivity index (χ0n) is 13.4. The Bertz CT molecular complexity index is 780. The number of carboxylic acids is 1. The topological polar surface area (TPSA) is 92.2 Å². The molecule has 2 rings (SSSR count). The lowest BCUT2D eigenvalue weighted by molar-refractivity contribution is -0.145. The molecule has 0 spiro atoms. The number of alkyl halides is 3. The van der Waals surface area contributed by atoms with Gasteiger partial charge in [-0.05, 0) is 24.0 Å². The molecule has 0 aliphatic rings. The fourth-order valence-electron chi connectivity index (χ4n) is 2.10. The third-order valence-electron chi connectivity index (χ3n) is 3.37. The minimum Gasteiger partial charge on any atom is -0.481 e. The van der Waals surface area contributed by atoms with Crippen LogP contribution in [0.25, 0.3) is 0 Å². The van der Waals surface area contributed by atoms with Gasteiger partial charge in [-0.1, -0.05) is 12.1 Å². The summed E-state index contributed by atoms with van der Waals surface area (Å²) >= 11 is 1.51. The Hall–Kier alpha value is -2.62. The van der Waals surface area contributed by atoms with Crippen molar-refractivity contribution in [1.82, 2.24) is 15.3 Å². The van der Waals surface area contributed by atoms with Crippen molar-refractivity contribution < 1.29 is 27.9 Å². The van der Waals surface area contributed by atoms with Gasteiger partial charge in [-0.3, -0.25) is 9.59 Å². The van der Waals surface area contributed by atoms with E-state index >= 15 is 0 Å². The molecular weight excluding hydrogens is 371 g/mol. The van der Waals surface area contributed by atoms with Crippen LogP contribution >= 0.6 is 11.8 Å². The summed E-state index contributed by atoms with van der Waals surface area (Å²) in [5.74, 6) is -3.25. The van der Waals surface area contributed by atoms with Crippen LogP contribution in [0.2, 0.25) is 0 Å². The second-order valence-corrected chi connectivity index (χ2v) is 6.07. The lowest BCUT2D eigenvalue weighted by atomic mass is 10.0. The molecule has 1 aromatic heterocycles. The number of carbonyl (C=O) groups is 2. The number of halogens is 3. The van der Waals surface area contributed by atoms with Crippen molar-refractivity contribution in [3.63, 3.8) is 0 Å². The minimum atomic E-state index is -4.71. The molecule has 0 radical (unpaired) electrons. The predicted molar refractivity (Wildman–Crippen MR) is 87.7 cm³/mol. The number of hydrogen-bond donors (Lipinski definition) is 2. The van der Waals surface area contributed by atoms with E-state index in [1.165, 1.54) is 11.8 Å². The lowest BCUT2D eigenvalue weighted by Gasteiger charge is -2.18. The number of aromatic nitrogens is 2. The van der Waals surface area contributed by atoms with Gasteiger partial charge in [-0.25, -0.2) is 9.97 Å². The normalized spacial score (nSPS) is 12.5. The highest BCUT2D eigenvalue weighted by atomic mass is 32.2. The van der Waals surface area contributed by atoms with Gasteiger partial charge in [0.1, 0.15) is 0 Å². The SMILES string of the molecule is CSc1ccc(C(CC(=O)O)NC(=O)c2cnc(C(F)(F)F)nc2)cc1. The number of benzene rings is 1. The van der Waals surface area contributed by atoms with Crippen molar-refractivity contribution in [3.8, 4) is 0 Å². The number of carbonyl (C=O) groups excluding carboxylic acids is 1. The number of aliphatic carboxylic acids is 1. The van der Waals surface area contributed by atoms with Gasteiger partial charge in [0.05, 0.1) is 18.0 Å². The first-order valence-electron chi connectivity index (χ1n) is 7.26. The van der Waals surface area contributed by atoms with Gasteiger partial charge >= 0.3 is 12.1 Å². The number of carboxylic acid groups (broad SMARTS) is 1. The van der Waals surface area contributed by atoms with Gasteiger partial charge in [-0.2, -0.15) is 13.2 Å². The van der Waals surface area contributed by atoms with Gasteiger partial charge in [0.2, 0.25) is 5.82 Å². The maximum absolute atomic E-state index is 12.5. The van der Waals surface area contributed by atoms with Crippen LogP contribution in [0.3, 0.4) is 0 Å². The Labute approximate surface area is 150 Å². The Morgan fingerprint density at radius 1 is 1.19 bits per heavy atom. The molecule has 0 aliphatic heterocycles. The largest absolute Gasteiger partial charge is 0.481 e. The molecule has 0 saturated heterocycles. The molecule has 1 unspecified atom stereocenters. The number of amides is 1. The molecule has 26 heavy (non-hydrogen) atoms. The third-order valence-corrected chi connectivity index (χ3v) is 4.11. The van der Waals surface area contributed by atoms with Crippen LogP contribution in [-0.2, 0) is 11.0 Å². The van der Waals surface area contributed by atoms with Crippen LogP contribution in [0, 0.1) is 0 Å². The van der Waals surface area contributed by atoms with E-state index in [-0.39, 0.29) is 12.0 Å². The maximum Gasteiger partial charge on any atom is 0.451 e. The van der Waals surface area contributed by atoms with Crippen molar-refractivity contribution in [3.05, 3.63) is 53.6 Å². The Balaban J connectivity index is 2.18. The van der Waals surface area contributed by atoms with Crippen molar-refractivity contribution in [2.75, 3.05) is 6.26 Å². The van der Waals surface area contributed by atoms with Crippen molar-refractivity contribution in [2.45, 2.75) is 23.5 Å². The molecule has 0 aliphatic carbocycles. The summed E-state index contributed by atoms with van der Waals surface area (Å²) in [4.78, 5) is 30.5. The molecule has 0 fully saturated rings. The van der Waals surface area contributed by atoms with Crippen LogP contribution in [0.1, 0.15) is 34.2 Å². The standard InChI is InChI=1S/C16H14F3N3O3S/c1-26-11-4-2-9(3-5-11)12(6-13(23)24)22-14(25)10-7-20-15(21-8-10)16(17,18)19/h2-5,7-8,12H,6H2,1H3,(H,22,25)(H,23,24). The van der Waals surface area contributed by atoms with Crippen LogP contribution < -0.4 is 5.32 Å². The number of nitrogens with zero attached hydrogens (tertiary/aromatic N) is 2. The lowest BCUT2D eigenvalue weighted by Crippen LogP contribution is -2.30. The summed E-state index contributed by atoms with van der Waals surface area (Å²) in [6.07, 6.45) is -1.71. The molecule has 2 aromatic rings. The first kappa shape index (κ1) is 19.7. The summed E-state index contributed by atoms with van der Waals surface area (Å²) in [5, 5.41) is 11.5. The molecule has 10 heteroatoms. The van der Waals surface area contributed by atoms with E-state index in [2.05, 4.69) is 15.3 Å².